The Bertz CT molecular complexity index is 754. The number of para-hydroxylation sites is 1. The van der Waals surface area contributed by atoms with Crippen LogP contribution in [0.25, 0.3) is 10.9 Å². The number of anilines is 1. The minimum Gasteiger partial charge on any atom is -0.351 e. The molecule has 0 saturated carbocycles. The van der Waals surface area contributed by atoms with E-state index < -0.39 is 0 Å². The van der Waals surface area contributed by atoms with Gasteiger partial charge in [-0.15, -0.1) is 0 Å². The Morgan fingerprint density at radius 1 is 1.05 bits per heavy atom. The van der Waals surface area contributed by atoms with E-state index >= 15 is 0 Å². The quantitative estimate of drug-likeness (QED) is 0.725. The largest absolute Gasteiger partial charge is 0.351 e. The number of hydrogen-bond donors (Lipinski definition) is 2. The third-order valence-corrected chi connectivity index (χ3v) is 3.59. The predicted molar refractivity (Wildman–Crippen MR) is 86.8 cm³/mol. The Hall–Kier alpha value is -2.55. The average molecular weight is 278 g/mol. The van der Waals surface area contributed by atoms with Crippen molar-refractivity contribution in [2.75, 3.05) is 5.32 Å². The molecular formula is C18H18N2O. The van der Waals surface area contributed by atoms with Crippen LogP contribution in [0.2, 0.25) is 0 Å². The normalized spacial score (nSPS) is 11.0. The summed E-state index contributed by atoms with van der Waals surface area (Å²) >= 11 is 0. The molecule has 1 heterocycles. The van der Waals surface area contributed by atoms with Crippen LogP contribution in [0, 0.1) is 0 Å². The second-order valence-corrected chi connectivity index (χ2v) is 5.50. The Balaban J connectivity index is 1.84. The number of aromatic nitrogens is 1. The van der Waals surface area contributed by atoms with Gasteiger partial charge in [-0.1, -0.05) is 44.2 Å². The lowest BCUT2D eigenvalue weighted by Crippen LogP contribution is -2.12. The Morgan fingerprint density at radius 2 is 1.86 bits per heavy atom. The monoisotopic (exact) mass is 278 g/mol. The van der Waals surface area contributed by atoms with Crippen LogP contribution in [0.4, 0.5) is 5.69 Å². The van der Waals surface area contributed by atoms with Gasteiger partial charge in [0.25, 0.3) is 5.91 Å². The second kappa shape index (κ2) is 5.44. The van der Waals surface area contributed by atoms with Crippen LogP contribution in [-0.2, 0) is 0 Å². The summed E-state index contributed by atoms with van der Waals surface area (Å²) in [7, 11) is 0. The molecule has 106 valence electrons. The van der Waals surface area contributed by atoms with Gasteiger partial charge in [-0.2, -0.15) is 0 Å². The first-order chi connectivity index (χ1) is 10.1. The van der Waals surface area contributed by atoms with Gasteiger partial charge in [0, 0.05) is 16.6 Å². The van der Waals surface area contributed by atoms with Gasteiger partial charge in [-0.25, -0.2) is 0 Å². The van der Waals surface area contributed by atoms with Crippen molar-refractivity contribution in [2.24, 2.45) is 0 Å². The number of aromatic amines is 1. The Kier molecular flexibility index (Phi) is 3.48. The first-order valence-corrected chi connectivity index (χ1v) is 7.12. The number of benzene rings is 2. The van der Waals surface area contributed by atoms with Gasteiger partial charge in [-0.3, -0.25) is 4.79 Å². The number of hydrogen-bond acceptors (Lipinski definition) is 1. The fourth-order valence-corrected chi connectivity index (χ4v) is 2.37. The fraction of sp³-hybridized carbons (Fsp3) is 0.167. The van der Waals surface area contributed by atoms with Gasteiger partial charge in [0.2, 0.25) is 0 Å². The molecule has 2 N–H and O–H groups in total. The number of H-pyrrole nitrogens is 1. The summed E-state index contributed by atoms with van der Waals surface area (Å²) in [6, 6.07) is 17.7. The Morgan fingerprint density at radius 3 is 2.62 bits per heavy atom. The lowest BCUT2D eigenvalue weighted by Gasteiger charge is -2.08. The molecule has 0 aliphatic heterocycles. The molecule has 0 spiro atoms. The maximum absolute atomic E-state index is 12.3. The Labute approximate surface area is 124 Å². The highest BCUT2D eigenvalue weighted by Gasteiger charge is 2.10. The molecule has 0 saturated heterocycles. The highest BCUT2D eigenvalue weighted by atomic mass is 16.1. The molecule has 0 aliphatic carbocycles. The molecule has 3 rings (SSSR count). The van der Waals surface area contributed by atoms with Gasteiger partial charge in [0.05, 0.1) is 0 Å². The van der Waals surface area contributed by atoms with Crippen LogP contribution < -0.4 is 5.32 Å². The molecule has 1 amide bonds. The van der Waals surface area contributed by atoms with Crippen molar-refractivity contribution < 1.29 is 4.79 Å². The van der Waals surface area contributed by atoms with E-state index in [1.54, 1.807) is 0 Å². The number of carbonyl (C=O) groups excluding carboxylic acids is 1. The molecule has 0 fully saturated rings. The van der Waals surface area contributed by atoms with E-state index in [1.807, 2.05) is 48.5 Å². The van der Waals surface area contributed by atoms with Crippen molar-refractivity contribution in [2.45, 2.75) is 19.8 Å². The topological polar surface area (TPSA) is 44.9 Å². The van der Waals surface area contributed by atoms with Crippen molar-refractivity contribution >= 4 is 22.5 Å². The highest BCUT2D eigenvalue weighted by Crippen LogP contribution is 2.20. The van der Waals surface area contributed by atoms with Crippen molar-refractivity contribution in [1.82, 2.24) is 4.98 Å². The number of nitrogens with one attached hydrogen (secondary N) is 2. The molecule has 0 aliphatic rings. The van der Waals surface area contributed by atoms with E-state index in [9.17, 15) is 4.79 Å². The standard InChI is InChI=1S/C18H18N2O/c1-12(2)13-7-5-8-15(10-13)19-18(21)17-11-14-6-3-4-9-16(14)20-17/h3-12,20H,1-2H3,(H,19,21). The SMILES string of the molecule is CC(C)c1cccc(NC(=O)c2cc3ccccc3[nH]2)c1. The van der Waals surface area contributed by atoms with Gasteiger partial charge >= 0.3 is 0 Å². The maximum atomic E-state index is 12.3. The predicted octanol–water partition coefficient (Wildman–Crippen LogP) is 4.54. The third-order valence-electron chi connectivity index (χ3n) is 3.59. The molecule has 2 aromatic carbocycles. The molecule has 3 heteroatoms. The van der Waals surface area contributed by atoms with E-state index in [0.717, 1.165) is 16.6 Å². The van der Waals surface area contributed by atoms with E-state index in [-0.39, 0.29) is 5.91 Å². The van der Waals surface area contributed by atoms with Crippen LogP contribution in [0.15, 0.2) is 54.6 Å². The summed E-state index contributed by atoms with van der Waals surface area (Å²) < 4.78 is 0. The van der Waals surface area contributed by atoms with Gasteiger partial charge in [0.1, 0.15) is 5.69 Å². The second-order valence-electron chi connectivity index (χ2n) is 5.50. The van der Waals surface area contributed by atoms with E-state index in [4.69, 9.17) is 0 Å². The van der Waals surface area contributed by atoms with Crippen molar-refractivity contribution in [3.05, 3.63) is 65.9 Å². The van der Waals surface area contributed by atoms with Crippen LogP contribution in [0.1, 0.15) is 35.8 Å². The molecule has 0 atom stereocenters. The van der Waals surface area contributed by atoms with E-state index in [2.05, 4.69) is 30.2 Å². The van der Waals surface area contributed by atoms with Gasteiger partial charge < -0.3 is 10.3 Å². The molecule has 0 bridgehead atoms. The van der Waals surface area contributed by atoms with E-state index in [1.165, 1.54) is 5.56 Å². The first-order valence-electron chi connectivity index (χ1n) is 7.12. The number of fused-ring (bicyclic) bond motifs is 1. The van der Waals surface area contributed by atoms with Crippen LogP contribution in [0.5, 0.6) is 0 Å². The van der Waals surface area contributed by atoms with Crippen molar-refractivity contribution in [3.8, 4) is 0 Å². The van der Waals surface area contributed by atoms with Gasteiger partial charge in [0.15, 0.2) is 0 Å². The third kappa shape index (κ3) is 2.82. The summed E-state index contributed by atoms with van der Waals surface area (Å²) in [5, 5.41) is 3.98. The highest BCUT2D eigenvalue weighted by molar-refractivity contribution is 6.05. The molecular weight excluding hydrogens is 260 g/mol. The molecule has 21 heavy (non-hydrogen) atoms. The lowest BCUT2D eigenvalue weighted by molar-refractivity contribution is 0.102. The summed E-state index contributed by atoms with van der Waals surface area (Å²) in [6.07, 6.45) is 0. The van der Waals surface area contributed by atoms with E-state index in [0.29, 0.717) is 11.6 Å². The molecule has 0 unspecified atom stereocenters. The van der Waals surface area contributed by atoms with Crippen LogP contribution >= 0.6 is 0 Å². The zero-order chi connectivity index (χ0) is 14.8. The molecule has 3 nitrogen and oxygen atoms in total. The molecule has 3 aromatic rings. The maximum Gasteiger partial charge on any atom is 0.272 e. The van der Waals surface area contributed by atoms with Crippen LogP contribution in [-0.4, -0.2) is 10.9 Å². The average Bonchev–Trinajstić information content (AvgIpc) is 2.91. The zero-order valence-electron chi connectivity index (χ0n) is 12.2. The van der Waals surface area contributed by atoms with Crippen LogP contribution in [0.3, 0.4) is 0 Å². The molecule has 1 aromatic heterocycles. The van der Waals surface area contributed by atoms with Gasteiger partial charge in [-0.05, 0) is 35.7 Å². The summed E-state index contributed by atoms with van der Waals surface area (Å²) in [4.78, 5) is 15.5. The summed E-state index contributed by atoms with van der Waals surface area (Å²) in [5.74, 6) is 0.321. The minimum atomic E-state index is -0.118. The summed E-state index contributed by atoms with van der Waals surface area (Å²) in [5.41, 5.74) is 3.58. The fourth-order valence-electron chi connectivity index (χ4n) is 2.37. The summed E-state index contributed by atoms with van der Waals surface area (Å²) in [6.45, 7) is 4.28. The van der Waals surface area contributed by atoms with Crippen molar-refractivity contribution in [3.63, 3.8) is 0 Å². The lowest BCUT2D eigenvalue weighted by atomic mass is 10.0. The first kappa shape index (κ1) is 13.4. The molecule has 0 radical (unpaired) electrons. The minimum absolute atomic E-state index is 0.118. The smallest absolute Gasteiger partial charge is 0.272 e. The number of amides is 1. The zero-order valence-corrected chi connectivity index (χ0v) is 12.2. The number of rotatable bonds is 3. The number of carbonyl (C=O) groups is 1. The van der Waals surface area contributed by atoms with Crippen molar-refractivity contribution in [1.29, 1.82) is 0 Å².